The summed E-state index contributed by atoms with van der Waals surface area (Å²) in [7, 11) is -4.24. The fourth-order valence-corrected chi connectivity index (χ4v) is 7.96. The summed E-state index contributed by atoms with van der Waals surface area (Å²) >= 11 is 19.5. The molecule has 0 aliphatic heterocycles. The molecule has 4 aromatic carbocycles. The molecule has 0 saturated heterocycles. The molecule has 4 aromatic rings. The largest absolute Gasteiger partial charge is 0.352 e. The number of amides is 2. The van der Waals surface area contributed by atoms with Crippen LogP contribution in [0.5, 0.6) is 0 Å². The van der Waals surface area contributed by atoms with Crippen LogP contribution in [0, 0.1) is 0 Å². The zero-order valence-electron chi connectivity index (χ0n) is 25.7. The second kappa shape index (κ2) is 16.0. The Labute approximate surface area is 291 Å². The van der Waals surface area contributed by atoms with E-state index in [0.717, 1.165) is 42.0 Å². The van der Waals surface area contributed by atoms with Gasteiger partial charge in [-0.15, -0.1) is 0 Å². The number of rotatable bonds is 12. The van der Waals surface area contributed by atoms with Gasteiger partial charge in [0.2, 0.25) is 11.8 Å². The predicted octanol–water partition coefficient (Wildman–Crippen LogP) is 7.93. The van der Waals surface area contributed by atoms with Crippen LogP contribution in [0.15, 0.2) is 108 Å². The molecule has 1 unspecified atom stereocenters. The zero-order chi connectivity index (χ0) is 33.4. The van der Waals surface area contributed by atoms with Crippen LogP contribution < -0.4 is 9.62 Å². The summed E-state index contributed by atoms with van der Waals surface area (Å²) in [6, 6.07) is 27.6. The Morgan fingerprint density at radius 3 is 2.04 bits per heavy atom. The summed E-state index contributed by atoms with van der Waals surface area (Å²) in [6.45, 7) is -0.733. The first-order chi connectivity index (χ1) is 22.6. The molecule has 246 valence electrons. The molecule has 1 saturated carbocycles. The van der Waals surface area contributed by atoms with E-state index in [1.165, 1.54) is 23.1 Å². The summed E-state index contributed by atoms with van der Waals surface area (Å²) in [6.07, 6.45) is 5.04. The standard InChI is InChI=1S/C36H36Cl3N3O4S/c37-27-14-10-17-29(23-27)42(47(45,46)30-18-8-3-9-19-30)25-35(43)41(24-31-32(38)20-11-21-33(31)39)34(22-26-12-4-1-5-13-26)36(44)40-28-15-6-2-7-16-28/h1,3-5,8-14,17-21,23,28,34H,2,6-7,15-16,22,24-25H2,(H,40,44). The SMILES string of the molecule is O=C(NC1CCCCC1)C(Cc1ccccc1)N(Cc1c(Cl)cccc1Cl)C(=O)CN(c1cccc(Cl)c1)S(=O)(=O)c1ccccc1. The molecule has 1 aliphatic carbocycles. The minimum atomic E-state index is -4.24. The zero-order valence-corrected chi connectivity index (χ0v) is 28.8. The van der Waals surface area contributed by atoms with Crippen molar-refractivity contribution in [2.75, 3.05) is 10.8 Å². The van der Waals surface area contributed by atoms with Gasteiger partial charge in [-0.1, -0.05) is 115 Å². The van der Waals surface area contributed by atoms with Crippen molar-refractivity contribution >= 4 is 62.3 Å². The molecule has 11 heteroatoms. The average Bonchev–Trinajstić information content (AvgIpc) is 3.07. The molecule has 7 nitrogen and oxygen atoms in total. The predicted molar refractivity (Wildman–Crippen MR) is 188 cm³/mol. The van der Waals surface area contributed by atoms with Crippen LogP contribution in [-0.4, -0.2) is 43.8 Å². The number of carbonyl (C=O) groups excluding carboxylic acids is 2. The van der Waals surface area contributed by atoms with Crippen molar-refractivity contribution in [2.24, 2.45) is 0 Å². The molecule has 0 aromatic heterocycles. The molecule has 0 bridgehead atoms. The summed E-state index contributed by atoms with van der Waals surface area (Å²) < 4.78 is 29.3. The van der Waals surface area contributed by atoms with Gasteiger partial charge in [-0.3, -0.25) is 13.9 Å². The summed E-state index contributed by atoms with van der Waals surface area (Å²) in [5, 5.41) is 4.14. The van der Waals surface area contributed by atoms with Crippen LogP contribution in [0.25, 0.3) is 0 Å². The third-order valence-corrected chi connectivity index (χ3v) is 11.1. The van der Waals surface area contributed by atoms with Gasteiger partial charge < -0.3 is 10.2 Å². The first kappa shape index (κ1) is 34.8. The van der Waals surface area contributed by atoms with E-state index in [2.05, 4.69) is 5.32 Å². The fourth-order valence-electron chi connectivity index (χ4n) is 5.83. The van der Waals surface area contributed by atoms with Crippen molar-refractivity contribution in [3.05, 3.63) is 129 Å². The lowest BCUT2D eigenvalue weighted by Crippen LogP contribution is -2.55. The number of anilines is 1. The molecule has 1 aliphatic rings. The summed E-state index contributed by atoms with van der Waals surface area (Å²) in [5.41, 5.74) is 1.49. The number of benzene rings is 4. The molecule has 1 atom stereocenters. The quantitative estimate of drug-likeness (QED) is 0.162. The van der Waals surface area contributed by atoms with Crippen LogP contribution >= 0.6 is 34.8 Å². The highest BCUT2D eigenvalue weighted by atomic mass is 35.5. The molecule has 5 rings (SSSR count). The van der Waals surface area contributed by atoms with Crippen molar-refractivity contribution in [1.29, 1.82) is 0 Å². The molecule has 1 fully saturated rings. The maximum atomic E-state index is 14.7. The molecular weight excluding hydrogens is 677 g/mol. The Balaban J connectivity index is 1.59. The van der Waals surface area contributed by atoms with E-state index in [-0.39, 0.29) is 35.5 Å². The van der Waals surface area contributed by atoms with E-state index >= 15 is 0 Å². The van der Waals surface area contributed by atoms with E-state index in [1.54, 1.807) is 54.6 Å². The number of sulfonamides is 1. The summed E-state index contributed by atoms with van der Waals surface area (Å²) in [4.78, 5) is 30.3. The highest BCUT2D eigenvalue weighted by molar-refractivity contribution is 7.92. The van der Waals surface area contributed by atoms with Gasteiger partial charge in [0.05, 0.1) is 10.6 Å². The molecule has 47 heavy (non-hydrogen) atoms. The highest BCUT2D eigenvalue weighted by Gasteiger charge is 2.36. The van der Waals surface area contributed by atoms with Gasteiger partial charge in [-0.05, 0) is 60.9 Å². The lowest BCUT2D eigenvalue weighted by molar-refractivity contribution is -0.140. The molecule has 0 heterocycles. The Morgan fingerprint density at radius 1 is 0.787 bits per heavy atom. The van der Waals surface area contributed by atoms with Gasteiger partial charge >= 0.3 is 0 Å². The highest BCUT2D eigenvalue weighted by Crippen LogP contribution is 2.30. The Hall–Kier alpha value is -3.56. The number of nitrogens with one attached hydrogen (secondary N) is 1. The van der Waals surface area contributed by atoms with Gasteiger partial charge in [0.25, 0.3) is 10.0 Å². The van der Waals surface area contributed by atoms with E-state index in [1.807, 2.05) is 30.3 Å². The van der Waals surface area contributed by atoms with Gasteiger partial charge in [-0.2, -0.15) is 0 Å². The van der Waals surface area contributed by atoms with Crippen LogP contribution in [0.4, 0.5) is 5.69 Å². The van der Waals surface area contributed by atoms with Gasteiger partial charge in [0.1, 0.15) is 12.6 Å². The van der Waals surface area contributed by atoms with Gasteiger partial charge in [-0.25, -0.2) is 8.42 Å². The van der Waals surface area contributed by atoms with Crippen LogP contribution in [0.3, 0.4) is 0 Å². The van der Waals surface area contributed by atoms with Crippen molar-refractivity contribution in [3.8, 4) is 0 Å². The van der Waals surface area contributed by atoms with Crippen molar-refractivity contribution < 1.29 is 18.0 Å². The second-order valence-electron chi connectivity index (χ2n) is 11.6. The van der Waals surface area contributed by atoms with Crippen LogP contribution in [0.2, 0.25) is 15.1 Å². The number of carbonyl (C=O) groups is 2. The smallest absolute Gasteiger partial charge is 0.264 e. The number of hydrogen-bond donors (Lipinski definition) is 1. The maximum absolute atomic E-state index is 14.7. The second-order valence-corrected chi connectivity index (χ2v) is 14.7. The molecular formula is C36H36Cl3N3O4S. The monoisotopic (exact) mass is 711 g/mol. The lowest BCUT2D eigenvalue weighted by atomic mass is 9.94. The molecule has 1 N–H and O–H groups in total. The number of nitrogens with zero attached hydrogens (tertiary/aromatic N) is 2. The van der Waals surface area contributed by atoms with Crippen molar-refractivity contribution in [3.63, 3.8) is 0 Å². The van der Waals surface area contributed by atoms with E-state index in [4.69, 9.17) is 34.8 Å². The molecule has 0 spiro atoms. The van der Waals surface area contributed by atoms with E-state index in [9.17, 15) is 18.0 Å². The number of hydrogen-bond acceptors (Lipinski definition) is 4. The first-order valence-corrected chi connectivity index (χ1v) is 18.1. The van der Waals surface area contributed by atoms with Gasteiger partial charge in [0, 0.05) is 39.6 Å². The van der Waals surface area contributed by atoms with Crippen LogP contribution in [-0.2, 0) is 32.6 Å². The van der Waals surface area contributed by atoms with Crippen LogP contribution in [0.1, 0.15) is 43.2 Å². The Bertz CT molecular complexity index is 1770. The van der Waals surface area contributed by atoms with Gasteiger partial charge in [0.15, 0.2) is 0 Å². The number of halogens is 3. The first-order valence-electron chi connectivity index (χ1n) is 15.5. The topological polar surface area (TPSA) is 86.8 Å². The van der Waals surface area contributed by atoms with E-state index < -0.39 is 28.5 Å². The third-order valence-electron chi connectivity index (χ3n) is 8.32. The van der Waals surface area contributed by atoms with Crippen molar-refractivity contribution in [2.45, 2.75) is 62.0 Å². The van der Waals surface area contributed by atoms with Crippen molar-refractivity contribution in [1.82, 2.24) is 10.2 Å². The Kier molecular flexibility index (Phi) is 11.9. The van der Waals surface area contributed by atoms with E-state index in [0.29, 0.717) is 20.6 Å². The fraction of sp³-hybridized carbons (Fsp3) is 0.278. The Morgan fingerprint density at radius 2 is 1.40 bits per heavy atom. The minimum Gasteiger partial charge on any atom is -0.352 e. The third kappa shape index (κ3) is 8.87. The minimum absolute atomic E-state index is 0.00403. The maximum Gasteiger partial charge on any atom is 0.264 e. The normalized spacial score (nSPS) is 14.3. The molecule has 0 radical (unpaired) electrons. The lowest BCUT2D eigenvalue weighted by Gasteiger charge is -2.35. The summed E-state index contributed by atoms with van der Waals surface area (Å²) in [5.74, 6) is -0.933. The molecule has 2 amide bonds. The average molecular weight is 713 g/mol.